The van der Waals surface area contributed by atoms with Crippen LogP contribution in [0.25, 0.3) is 0 Å². The van der Waals surface area contributed by atoms with Crippen LogP contribution < -0.4 is 4.90 Å². The lowest BCUT2D eigenvalue weighted by molar-refractivity contribution is -0.00704. The molecule has 7 nitrogen and oxygen atoms in total. The minimum atomic E-state index is -0.0787. The van der Waals surface area contributed by atoms with Crippen molar-refractivity contribution in [1.82, 2.24) is 24.7 Å². The van der Waals surface area contributed by atoms with Gasteiger partial charge in [-0.15, -0.1) is 10.2 Å². The van der Waals surface area contributed by atoms with Gasteiger partial charge in [-0.1, -0.05) is 0 Å². The maximum Gasteiger partial charge on any atom is 0.147 e. The maximum atomic E-state index is 6.20. The quantitative estimate of drug-likeness (QED) is 0.822. The molecular weight excluding hydrogens is 268 g/mol. The van der Waals surface area contributed by atoms with Crippen LogP contribution in [0.5, 0.6) is 0 Å². The summed E-state index contributed by atoms with van der Waals surface area (Å²) in [5, 5.41) is 7.78. The molecule has 2 unspecified atom stereocenters. The van der Waals surface area contributed by atoms with Gasteiger partial charge in [0.1, 0.15) is 18.5 Å². The molecule has 110 valence electrons. The summed E-state index contributed by atoms with van der Waals surface area (Å²) in [6.45, 7) is 2.62. The van der Waals surface area contributed by atoms with Gasteiger partial charge in [-0.3, -0.25) is 4.98 Å². The third-order valence-corrected chi connectivity index (χ3v) is 4.46. The second kappa shape index (κ2) is 5.07. The molecule has 7 heteroatoms. The minimum absolute atomic E-state index is 0.0787. The van der Waals surface area contributed by atoms with E-state index < -0.39 is 0 Å². The second-order valence-electron chi connectivity index (χ2n) is 5.85. The summed E-state index contributed by atoms with van der Waals surface area (Å²) in [6, 6.07) is 0.335. The number of rotatable bonds is 2. The first-order chi connectivity index (χ1) is 10.3. The molecule has 0 aromatic carbocycles. The Morgan fingerprint density at radius 3 is 2.95 bits per heavy atom. The van der Waals surface area contributed by atoms with Crippen molar-refractivity contribution < 1.29 is 4.74 Å². The molecule has 2 aliphatic rings. The number of hydrogen-bond donors (Lipinski definition) is 0. The van der Waals surface area contributed by atoms with Crippen molar-refractivity contribution in [3.8, 4) is 0 Å². The highest BCUT2D eigenvalue weighted by Gasteiger charge is 2.44. The van der Waals surface area contributed by atoms with Gasteiger partial charge >= 0.3 is 0 Å². The van der Waals surface area contributed by atoms with E-state index in [2.05, 4.69) is 29.6 Å². The number of anilines is 1. The monoisotopic (exact) mass is 286 g/mol. The van der Waals surface area contributed by atoms with Crippen molar-refractivity contribution in [3.63, 3.8) is 0 Å². The maximum absolute atomic E-state index is 6.20. The molecule has 21 heavy (non-hydrogen) atoms. The van der Waals surface area contributed by atoms with Gasteiger partial charge in [0.05, 0.1) is 24.4 Å². The smallest absolute Gasteiger partial charge is 0.147 e. The summed E-state index contributed by atoms with van der Waals surface area (Å²) in [5.41, 5.74) is -0.0787. The highest BCUT2D eigenvalue weighted by Crippen LogP contribution is 2.40. The minimum Gasteiger partial charge on any atom is -0.371 e. The Hall–Kier alpha value is -2.02. The lowest BCUT2D eigenvalue weighted by Gasteiger charge is -2.40. The van der Waals surface area contributed by atoms with Gasteiger partial charge in [0.15, 0.2) is 0 Å². The van der Waals surface area contributed by atoms with E-state index in [0.717, 1.165) is 44.8 Å². The zero-order chi connectivity index (χ0) is 14.1. The van der Waals surface area contributed by atoms with E-state index in [1.165, 1.54) is 0 Å². The molecule has 2 saturated heterocycles. The van der Waals surface area contributed by atoms with Gasteiger partial charge in [0.2, 0.25) is 0 Å². The third kappa shape index (κ3) is 2.37. The zero-order valence-electron chi connectivity index (χ0n) is 11.8. The Morgan fingerprint density at radius 2 is 2.14 bits per heavy atom. The van der Waals surface area contributed by atoms with Crippen molar-refractivity contribution in [2.75, 3.05) is 24.6 Å². The first-order valence-corrected chi connectivity index (χ1v) is 7.34. The van der Waals surface area contributed by atoms with Crippen molar-refractivity contribution >= 4 is 5.82 Å². The number of hydrogen-bond acceptors (Lipinski definition) is 6. The summed E-state index contributed by atoms with van der Waals surface area (Å²) >= 11 is 0. The van der Waals surface area contributed by atoms with Crippen molar-refractivity contribution in [2.24, 2.45) is 0 Å². The first kappa shape index (κ1) is 12.7. The molecule has 4 rings (SSSR count). The predicted molar refractivity (Wildman–Crippen MR) is 75.8 cm³/mol. The molecule has 0 radical (unpaired) electrons. The van der Waals surface area contributed by atoms with Gasteiger partial charge in [-0.05, 0) is 12.8 Å². The highest BCUT2D eigenvalue weighted by molar-refractivity contribution is 5.36. The van der Waals surface area contributed by atoms with Crippen molar-refractivity contribution in [1.29, 1.82) is 0 Å². The molecule has 0 bridgehead atoms. The van der Waals surface area contributed by atoms with Crippen LogP contribution >= 0.6 is 0 Å². The standard InChI is InChI=1S/C14H18N6O/c1-2-14(6-12(8-21-14)20-10-17-18-11-20)9-19(5-1)13-7-15-3-4-16-13/h3-4,7,10-12H,1-2,5-6,8-9H2. The van der Waals surface area contributed by atoms with E-state index >= 15 is 0 Å². The van der Waals surface area contributed by atoms with E-state index in [-0.39, 0.29) is 5.60 Å². The molecule has 2 aliphatic heterocycles. The molecule has 2 aromatic heterocycles. The Balaban J connectivity index is 1.51. The number of nitrogens with zero attached hydrogens (tertiary/aromatic N) is 6. The molecule has 2 atom stereocenters. The fraction of sp³-hybridized carbons (Fsp3) is 0.571. The van der Waals surface area contributed by atoms with Crippen LogP contribution in [0.15, 0.2) is 31.2 Å². The van der Waals surface area contributed by atoms with E-state index in [9.17, 15) is 0 Å². The Labute approximate surface area is 123 Å². The summed E-state index contributed by atoms with van der Waals surface area (Å²) in [4.78, 5) is 10.9. The summed E-state index contributed by atoms with van der Waals surface area (Å²) in [6.07, 6.45) is 12.0. The Morgan fingerprint density at radius 1 is 1.24 bits per heavy atom. The Kier molecular flexibility index (Phi) is 3.07. The summed E-state index contributed by atoms with van der Waals surface area (Å²) in [5.74, 6) is 0.938. The van der Waals surface area contributed by atoms with Gasteiger partial charge in [-0.25, -0.2) is 4.98 Å². The lowest BCUT2D eigenvalue weighted by Crippen LogP contribution is -2.48. The fourth-order valence-corrected chi connectivity index (χ4v) is 3.44. The van der Waals surface area contributed by atoms with Gasteiger partial charge in [0, 0.05) is 31.9 Å². The molecule has 2 aromatic rings. The molecule has 0 aliphatic carbocycles. The largest absolute Gasteiger partial charge is 0.371 e. The number of aromatic nitrogens is 5. The zero-order valence-corrected chi connectivity index (χ0v) is 11.8. The molecule has 1 spiro atoms. The van der Waals surface area contributed by atoms with Crippen molar-refractivity contribution in [3.05, 3.63) is 31.2 Å². The van der Waals surface area contributed by atoms with Crippen LogP contribution in [0.3, 0.4) is 0 Å². The normalized spacial score (nSPS) is 29.1. The van der Waals surface area contributed by atoms with Gasteiger partial charge in [-0.2, -0.15) is 0 Å². The predicted octanol–water partition coefficient (Wildman–Crippen LogP) is 1.07. The molecule has 4 heterocycles. The number of piperidine rings is 1. The molecule has 2 fully saturated rings. The molecule has 0 amide bonds. The van der Waals surface area contributed by atoms with E-state index in [4.69, 9.17) is 4.74 Å². The van der Waals surface area contributed by atoms with Crippen LogP contribution in [-0.2, 0) is 4.74 Å². The van der Waals surface area contributed by atoms with Crippen LogP contribution in [0.2, 0.25) is 0 Å². The second-order valence-corrected chi connectivity index (χ2v) is 5.85. The summed E-state index contributed by atoms with van der Waals surface area (Å²) < 4.78 is 8.25. The number of ether oxygens (including phenoxy) is 1. The van der Waals surface area contributed by atoms with Crippen LogP contribution in [0.4, 0.5) is 5.82 Å². The first-order valence-electron chi connectivity index (χ1n) is 7.34. The average molecular weight is 286 g/mol. The fourth-order valence-electron chi connectivity index (χ4n) is 3.44. The topological polar surface area (TPSA) is 69.0 Å². The third-order valence-electron chi connectivity index (χ3n) is 4.46. The Bertz CT molecular complexity index is 589. The molecule has 0 N–H and O–H groups in total. The molecule has 0 saturated carbocycles. The van der Waals surface area contributed by atoms with Crippen molar-refractivity contribution in [2.45, 2.75) is 30.9 Å². The van der Waals surface area contributed by atoms with Crippen LogP contribution in [-0.4, -0.2) is 50.0 Å². The van der Waals surface area contributed by atoms with E-state index in [0.29, 0.717) is 6.04 Å². The molecular formula is C14H18N6O. The SMILES string of the molecule is c1cnc(N2CCCC3(CC(n4cnnc4)CO3)C2)cn1. The van der Waals surface area contributed by atoms with Crippen LogP contribution in [0.1, 0.15) is 25.3 Å². The van der Waals surface area contributed by atoms with Gasteiger partial charge < -0.3 is 14.2 Å². The van der Waals surface area contributed by atoms with Crippen LogP contribution in [0, 0.1) is 0 Å². The summed E-state index contributed by atoms with van der Waals surface area (Å²) in [7, 11) is 0. The van der Waals surface area contributed by atoms with E-state index in [1.54, 1.807) is 25.0 Å². The van der Waals surface area contributed by atoms with Gasteiger partial charge in [0.25, 0.3) is 0 Å². The highest BCUT2D eigenvalue weighted by atomic mass is 16.5. The average Bonchev–Trinajstić information content (AvgIpc) is 3.19. The van der Waals surface area contributed by atoms with E-state index in [1.807, 2.05) is 6.20 Å². The lowest BCUT2D eigenvalue weighted by atomic mass is 9.88.